The molecule has 2 rings (SSSR count). The summed E-state index contributed by atoms with van der Waals surface area (Å²) in [7, 11) is 1.71. The molecular weight excluding hydrogens is 274 g/mol. The summed E-state index contributed by atoms with van der Waals surface area (Å²) in [6.07, 6.45) is 2.23. The highest BCUT2D eigenvalue weighted by Gasteiger charge is 2.41. The van der Waals surface area contributed by atoms with Crippen LogP contribution in [0.1, 0.15) is 25.8 Å². The summed E-state index contributed by atoms with van der Waals surface area (Å²) in [4.78, 5) is 0. The molecule has 1 aliphatic heterocycles. The molecule has 1 aromatic carbocycles. The highest BCUT2D eigenvalue weighted by molar-refractivity contribution is 6.30. The van der Waals surface area contributed by atoms with Gasteiger partial charge in [0, 0.05) is 23.6 Å². The van der Waals surface area contributed by atoms with Gasteiger partial charge in [-0.25, -0.2) is 0 Å². The van der Waals surface area contributed by atoms with Gasteiger partial charge in [-0.3, -0.25) is 0 Å². The Balaban J connectivity index is 2.25. The Hall–Kier alpha value is -0.770. The van der Waals surface area contributed by atoms with Crippen molar-refractivity contribution in [2.75, 3.05) is 26.8 Å². The molecule has 2 atom stereocenters. The van der Waals surface area contributed by atoms with E-state index in [1.807, 2.05) is 18.2 Å². The highest BCUT2D eigenvalue weighted by Crippen LogP contribution is 2.40. The molecule has 2 unspecified atom stereocenters. The van der Waals surface area contributed by atoms with E-state index in [-0.39, 0.29) is 11.5 Å². The number of methoxy groups -OCH3 is 1. The van der Waals surface area contributed by atoms with Crippen molar-refractivity contribution in [3.05, 3.63) is 28.8 Å². The number of nitrogens with one attached hydrogen (secondary N) is 1. The molecule has 0 bridgehead atoms. The van der Waals surface area contributed by atoms with E-state index in [1.54, 1.807) is 7.11 Å². The first kappa shape index (κ1) is 15.6. The van der Waals surface area contributed by atoms with Crippen molar-refractivity contribution in [1.82, 2.24) is 5.32 Å². The average Bonchev–Trinajstić information content (AvgIpc) is 2.78. The minimum Gasteiger partial charge on any atom is -0.496 e. The first-order valence-corrected chi connectivity index (χ1v) is 7.64. The van der Waals surface area contributed by atoms with Crippen molar-refractivity contribution in [3.8, 4) is 5.75 Å². The molecule has 1 fully saturated rings. The van der Waals surface area contributed by atoms with Gasteiger partial charge in [-0.2, -0.15) is 0 Å². The molecular formula is C16H24ClNO2. The molecule has 1 saturated heterocycles. The lowest BCUT2D eigenvalue weighted by molar-refractivity contribution is 0.0630. The quantitative estimate of drug-likeness (QED) is 0.874. The minimum absolute atomic E-state index is 0.119. The molecule has 20 heavy (non-hydrogen) atoms. The van der Waals surface area contributed by atoms with Crippen LogP contribution in [0.2, 0.25) is 5.02 Å². The largest absolute Gasteiger partial charge is 0.496 e. The van der Waals surface area contributed by atoms with Crippen molar-refractivity contribution in [2.24, 2.45) is 5.41 Å². The lowest BCUT2D eigenvalue weighted by atomic mass is 9.76. The van der Waals surface area contributed by atoms with Crippen LogP contribution in [0.5, 0.6) is 5.75 Å². The Morgan fingerprint density at radius 2 is 2.30 bits per heavy atom. The monoisotopic (exact) mass is 297 g/mol. The van der Waals surface area contributed by atoms with Gasteiger partial charge in [0.2, 0.25) is 0 Å². The van der Waals surface area contributed by atoms with Gasteiger partial charge in [0.25, 0.3) is 0 Å². The summed E-state index contributed by atoms with van der Waals surface area (Å²) < 4.78 is 11.3. The Bertz CT molecular complexity index is 452. The molecule has 3 nitrogen and oxygen atoms in total. The van der Waals surface area contributed by atoms with Crippen molar-refractivity contribution < 1.29 is 9.47 Å². The molecule has 1 N–H and O–H groups in total. The van der Waals surface area contributed by atoms with Gasteiger partial charge in [-0.15, -0.1) is 0 Å². The second-order valence-corrected chi connectivity index (χ2v) is 5.98. The number of benzene rings is 1. The predicted octanol–water partition coefficient (Wildman–Crippen LogP) is 3.30. The maximum atomic E-state index is 6.14. The molecule has 0 saturated carbocycles. The van der Waals surface area contributed by atoms with E-state index < -0.39 is 0 Å². The van der Waals surface area contributed by atoms with E-state index in [1.165, 1.54) is 0 Å². The summed E-state index contributed by atoms with van der Waals surface area (Å²) >= 11 is 6.14. The molecule has 112 valence electrons. The zero-order valence-corrected chi connectivity index (χ0v) is 13.3. The maximum absolute atomic E-state index is 6.14. The SMILES string of the molecule is CCNCC1(Cc2cc(Cl)ccc2OC)CCOC1C. The number of ether oxygens (including phenoxy) is 2. The van der Waals surface area contributed by atoms with E-state index in [9.17, 15) is 0 Å². The van der Waals surface area contributed by atoms with Crippen molar-refractivity contribution >= 4 is 11.6 Å². The fraction of sp³-hybridized carbons (Fsp3) is 0.625. The van der Waals surface area contributed by atoms with E-state index >= 15 is 0 Å². The van der Waals surface area contributed by atoms with Crippen LogP contribution in [0.4, 0.5) is 0 Å². The second kappa shape index (κ2) is 6.79. The Morgan fingerprint density at radius 3 is 2.90 bits per heavy atom. The summed E-state index contributed by atoms with van der Waals surface area (Å²) in [5.41, 5.74) is 1.28. The van der Waals surface area contributed by atoms with Gasteiger partial charge < -0.3 is 14.8 Å². The van der Waals surface area contributed by atoms with Crippen LogP contribution in [0.3, 0.4) is 0 Å². The predicted molar refractivity (Wildman–Crippen MR) is 82.7 cm³/mol. The smallest absolute Gasteiger partial charge is 0.122 e. The van der Waals surface area contributed by atoms with Crippen LogP contribution < -0.4 is 10.1 Å². The van der Waals surface area contributed by atoms with E-state index in [2.05, 4.69) is 19.2 Å². The van der Waals surface area contributed by atoms with Crippen LogP contribution in [0.25, 0.3) is 0 Å². The van der Waals surface area contributed by atoms with Gasteiger partial charge >= 0.3 is 0 Å². The molecule has 0 radical (unpaired) electrons. The number of rotatable bonds is 6. The van der Waals surface area contributed by atoms with Gasteiger partial charge in [-0.05, 0) is 50.1 Å². The highest BCUT2D eigenvalue weighted by atomic mass is 35.5. The zero-order valence-electron chi connectivity index (χ0n) is 12.5. The average molecular weight is 298 g/mol. The summed E-state index contributed by atoms with van der Waals surface area (Å²) in [6, 6.07) is 5.83. The normalized spacial score (nSPS) is 25.9. The summed E-state index contributed by atoms with van der Waals surface area (Å²) in [6.45, 7) is 7.06. The number of halogens is 1. The Kier molecular flexibility index (Phi) is 5.30. The molecule has 1 aromatic rings. The molecule has 0 aliphatic carbocycles. The second-order valence-electron chi connectivity index (χ2n) is 5.54. The van der Waals surface area contributed by atoms with E-state index in [0.29, 0.717) is 0 Å². The van der Waals surface area contributed by atoms with Gasteiger partial charge in [0.1, 0.15) is 5.75 Å². The molecule has 1 aliphatic rings. The number of hydrogen-bond acceptors (Lipinski definition) is 3. The lowest BCUT2D eigenvalue weighted by Crippen LogP contribution is -2.41. The standard InChI is InChI=1S/C16H24ClNO2/c1-4-18-11-16(7-8-20-12(16)2)10-13-9-14(17)5-6-15(13)19-3/h5-6,9,12,18H,4,7-8,10-11H2,1-3H3. The third-order valence-electron chi connectivity index (χ3n) is 4.34. The summed E-state index contributed by atoms with van der Waals surface area (Å²) in [5, 5.41) is 4.24. The zero-order chi connectivity index (χ0) is 14.6. The molecule has 0 aromatic heterocycles. The third-order valence-corrected chi connectivity index (χ3v) is 4.58. The van der Waals surface area contributed by atoms with E-state index in [4.69, 9.17) is 21.1 Å². The molecule has 0 amide bonds. The summed E-state index contributed by atoms with van der Waals surface area (Å²) in [5.74, 6) is 0.907. The third kappa shape index (κ3) is 3.27. The Labute approximate surface area is 126 Å². The van der Waals surface area contributed by atoms with Gasteiger partial charge in [0.15, 0.2) is 0 Å². The minimum atomic E-state index is 0.119. The first-order chi connectivity index (χ1) is 9.61. The lowest BCUT2D eigenvalue weighted by Gasteiger charge is -2.33. The van der Waals surface area contributed by atoms with Crippen LogP contribution in [-0.2, 0) is 11.2 Å². The maximum Gasteiger partial charge on any atom is 0.122 e. The van der Waals surface area contributed by atoms with Gasteiger partial charge in [0.05, 0.1) is 13.2 Å². The van der Waals surface area contributed by atoms with Crippen LogP contribution in [0.15, 0.2) is 18.2 Å². The Morgan fingerprint density at radius 1 is 1.50 bits per heavy atom. The van der Waals surface area contributed by atoms with Crippen molar-refractivity contribution in [2.45, 2.75) is 32.8 Å². The topological polar surface area (TPSA) is 30.5 Å². The number of hydrogen-bond donors (Lipinski definition) is 1. The van der Waals surface area contributed by atoms with Gasteiger partial charge in [-0.1, -0.05) is 18.5 Å². The van der Waals surface area contributed by atoms with Crippen molar-refractivity contribution in [1.29, 1.82) is 0 Å². The van der Waals surface area contributed by atoms with Crippen LogP contribution >= 0.6 is 11.6 Å². The first-order valence-electron chi connectivity index (χ1n) is 7.26. The molecule has 1 heterocycles. The van der Waals surface area contributed by atoms with Crippen LogP contribution in [0, 0.1) is 5.41 Å². The van der Waals surface area contributed by atoms with E-state index in [0.717, 1.165) is 48.9 Å². The fourth-order valence-electron chi connectivity index (χ4n) is 2.98. The van der Waals surface area contributed by atoms with Crippen molar-refractivity contribution in [3.63, 3.8) is 0 Å². The molecule has 0 spiro atoms. The van der Waals surface area contributed by atoms with Crippen LogP contribution in [-0.4, -0.2) is 32.9 Å². The molecule has 4 heteroatoms. The fourth-order valence-corrected chi connectivity index (χ4v) is 3.18.